The van der Waals surface area contributed by atoms with Crippen LogP contribution >= 0.6 is 0 Å². The highest BCUT2D eigenvalue weighted by Gasteiger charge is 2.28. The maximum absolute atomic E-state index is 13.4. The SMILES string of the molecule is COc1c(C)c(Cc2ccc(-n3cccn3)nc2)cc2c(=O)n([C@H]3CCC[C@@H]3O)cnc12. The van der Waals surface area contributed by atoms with Gasteiger partial charge in [0.25, 0.3) is 5.56 Å². The highest BCUT2D eigenvalue weighted by Crippen LogP contribution is 2.33. The molecule has 8 heteroatoms. The Kier molecular flexibility index (Phi) is 5.22. The van der Waals surface area contributed by atoms with Crippen molar-refractivity contribution in [1.29, 1.82) is 0 Å². The van der Waals surface area contributed by atoms with E-state index in [9.17, 15) is 9.90 Å². The van der Waals surface area contributed by atoms with Gasteiger partial charge < -0.3 is 9.84 Å². The maximum atomic E-state index is 13.4. The summed E-state index contributed by atoms with van der Waals surface area (Å²) in [6.07, 6.45) is 9.40. The molecule has 0 spiro atoms. The molecule has 164 valence electrons. The molecule has 1 aliphatic rings. The second-order valence-corrected chi connectivity index (χ2v) is 8.26. The topological polar surface area (TPSA) is 95.1 Å². The maximum Gasteiger partial charge on any atom is 0.261 e. The van der Waals surface area contributed by atoms with Crippen LogP contribution in [0.3, 0.4) is 0 Å². The molecule has 8 nitrogen and oxygen atoms in total. The normalized spacial score (nSPS) is 18.3. The van der Waals surface area contributed by atoms with E-state index in [1.165, 1.54) is 0 Å². The number of rotatable bonds is 5. The van der Waals surface area contributed by atoms with Crippen LogP contribution in [0.1, 0.15) is 42.0 Å². The molecule has 32 heavy (non-hydrogen) atoms. The predicted octanol–water partition coefficient (Wildman–Crippen LogP) is 2.97. The van der Waals surface area contributed by atoms with Gasteiger partial charge in [-0.3, -0.25) is 9.36 Å². The summed E-state index contributed by atoms with van der Waals surface area (Å²) in [5, 5.41) is 15.0. The third-order valence-electron chi connectivity index (χ3n) is 6.34. The van der Waals surface area contributed by atoms with Crippen molar-refractivity contribution in [1.82, 2.24) is 24.3 Å². The van der Waals surface area contributed by atoms with E-state index in [4.69, 9.17) is 4.74 Å². The van der Waals surface area contributed by atoms with Crippen molar-refractivity contribution in [3.05, 3.63) is 76.2 Å². The van der Waals surface area contributed by atoms with Gasteiger partial charge in [0, 0.05) is 18.6 Å². The minimum Gasteiger partial charge on any atom is -0.494 e. The van der Waals surface area contributed by atoms with E-state index in [0.29, 0.717) is 29.5 Å². The van der Waals surface area contributed by atoms with Gasteiger partial charge in [0.05, 0.1) is 31.0 Å². The van der Waals surface area contributed by atoms with E-state index in [-0.39, 0.29) is 11.6 Å². The summed E-state index contributed by atoms with van der Waals surface area (Å²) in [5.41, 5.74) is 3.34. The van der Waals surface area contributed by atoms with E-state index in [2.05, 4.69) is 15.1 Å². The zero-order valence-electron chi connectivity index (χ0n) is 18.1. The second-order valence-electron chi connectivity index (χ2n) is 8.26. The molecule has 0 radical (unpaired) electrons. The average Bonchev–Trinajstić information content (AvgIpc) is 3.48. The van der Waals surface area contributed by atoms with Gasteiger partial charge in [0.2, 0.25) is 0 Å². The minimum absolute atomic E-state index is 0.146. The summed E-state index contributed by atoms with van der Waals surface area (Å²) in [6, 6.07) is 7.46. The molecule has 1 N–H and O–H groups in total. The van der Waals surface area contributed by atoms with Crippen molar-refractivity contribution >= 4 is 10.9 Å². The monoisotopic (exact) mass is 431 g/mol. The van der Waals surface area contributed by atoms with Crippen LogP contribution in [0.4, 0.5) is 0 Å². The van der Waals surface area contributed by atoms with E-state index in [1.807, 2.05) is 43.6 Å². The summed E-state index contributed by atoms with van der Waals surface area (Å²) < 4.78 is 8.95. The van der Waals surface area contributed by atoms with Crippen LogP contribution < -0.4 is 10.3 Å². The number of methoxy groups -OCH3 is 1. The first kappa shape index (κ1) is 20.4. The van der Waals surface area contributed by atoms with Crippen LogP contribution in [0.2, 0.25) is 0 Å². The lowest BCUT2D eigenvalue weighted by molar-refractivity contribution is 0.134. The lowest BCUT2D eigenvalue weighted by Crippen LogP contribution is -2.29. The van der Waals surface area contributed by atoms with E-state index in [0.717, 1.165) is 35.3 Å². The molecule has 0 unspecified atom stereocenters. The number of aliphatic hydroxyl groups is 1. The molecular weight excluding hydrogens is 406 g/mol. The Morgan fingerprint density at radius 1 is 1.25 bits per heavy atom. The van der Waals surface area contributed by atoms with Crippen LogP contribution in [-0.4, -0.2) is 42.6 Å². The summed E-state index contributed by atoms with van der Waals surface area (Å²) in [4.78, 5) is 22.4. The molecule has 1 fully saturated rings. The summed E-state index contributed by atoms with van der Waals surface area (Å²) in [7, 11) is 1.60. The number of pyridine rings is 1. The van der Waals surface area contributed by atoms with E-state index >= 15 is 0 Å². The largest absolute Gasteiger partial charge is 0.494 e. The Labute approximate surface area is 185 Å². The first-order valence-electron chi connectivity index (χ1n) is 10.8. The van der Waals surface area contributed by atoms with Gasteiger partial charge in [-0.25, -0.2) is 14.6 Å². The summed E-state index contributed by atoms with van der Waals surface area (Å²) in [6.45, 7) is 1.98. The molecule has 5 rings (SSSR count). The first-order valence-corrected chi connectivity index (χ1v) is 10.8. The highest BCUT2D eigenvalue weighted by atomic mass is 16.5. The fraction of sp³-hybridized carbons (Fsp3) is 0.333. The number of aliphatic hydroxyl groups excluding tert-OH is 1. The van der Waals surface area contributed by atoms with E-state index < -0.39 is 6.10 Å². The Bertz CT molecular complexity index is 1310. The van der Waals surface area contributed by atoms with Crippen LogP contribution in [-0.2, 0) is 6.42 Å². The fourth-order valence-corrected chi connectivity index (χ4v) is 4.60. The van der Waals surface area contributed by atoms with Crippen molar-refractivity contribution in [3.8, 4) is 11.6 Å². The zero-order chi connectivity index (χ0) is 22.2. The number of hydrogen-bond acceptors (Lipinski definition) is 6. The Balaban J connectivity index is 1.56. The van der Waals surface area contributed by atoms with Crippen LogP contribution in [0.5, 0.6) is 5.75 Å². The van der Waals surface area contributed by atoms with Gasteiger partial charge in [-0.2, -0.15) is 5.10 Å². The van der Waals surface area contributed by atoms with Crippen LogP contribution in [0.15, 0.2) is 54.0 Å². The van der Waals surface area contributed by atoms with Crippen molar-refractivity contribution in [2.45, 2.75) is 44.8 Å². The molecule has 3 heterocycles. The molecule has 0 bridgehead atoms. The fourth-order valence-electron chi connectivity index (χ4n) is 4.60. The van der Waals surface area contributed by atoms with Crippen molar-refractivity contribution in [2.24, 2.45) is 0 Å². The van der Waals surface area contributed by atoms with Gasteiger partial charge in [-0.05, 0) is 67.5 Å². The molecule has 0 saturated heterocycles. The molecular formula is C24H25N5O3. The summed E-state index contributed by atoms with van der Waals surface area (Å²) in [5.74, 6) is 1.35. The average molecular weight is 431 g/mol. The van der Waals surface area contributed by atoms with Crippen LogP contribution in [0.25, 0.3) is 16.7 Å². The number of benzene rings is 1. The van der Waals surface area contributed by atoms with Gasteiger partial charge >= 0.3 is 0 Å². The highest BCUT2D eigenvalue weighted by molar-refractivity contribution is 5.86. The third kappa shape index (κ3) is 3.46. The Morgan fingerprint density at radius 2 is 2.12 bits per heavy atom. The first-order chi connectivity index (χ1) is 15.6. The molecule has 4 aromatic rings. The molecule has 1 aromatic carbocycles. The standard InChI is InChI=1S/C24H25N5O3/c1-15-17(11-16-7-8-21(25-13-16)29-10-4-9-27-29)12-18-22(23(15)32-2)26-14-28(24(18)31)19-5-3-6-20(19)30/h4,7-10,12-14,19-20,30H,3,5-6,11H2,1-2H3/t19-,20-/m0/s1. The molecule has 1 aliphatic carbocycles. The van der Waals surface area contributed by atoms with E-state index in [1.54, 1.807) is 28.9 Å². The zero-order valence-corrected chi connectivity index (χ0v) is 18.1. The lowest BCUT2D eigenvalue weighted by Gasteiger charge is -2.19. The quantitative estimate of drug-likeness (QED) is 0.522. The van der Waals surface area contributed by atoms with Gasteiger partial charge in [0.15, 0.2) is 5.82 Å². The molecule has 0 amide bonds. The van der Waals surface area contributed by atoms with Gasteiger partial charge in [-0.1, -0.05) is 6.07 Å². The minimum atomic E-state index is -0.516. The molecule has 1 saturated carbocycles. The predicted molar refractivity (Wildman–Crippen MR) is 120 cm³/mol. The van der Waals surface area contributed by atoms with Crippen molar-refractivity contribution in [2.75, 3.05) is 7.11 Å². The number of nitrogens with zero attached hydrogens (tertiary/aromatic N) is 5. The number of fused-ring (bicyclic) bond motifs is 1. The smallest absolute Gasteiger partial charge is 0.261 e. The summed E-state index contributed by atoms with van der Waals surface area (Å²) >= 11 is 0. The number of ether oxygens (including phenoxy) is 1. The second kappa shape index (κ2) is 8.20. The third-order valence-corrected chi connectivity index (χ3v) is 6.34. The Morgan fingerprint density at radius 3 is 2.78 bits per heavy atom. The molecule has 3 aromatic heterocycles. The molecule has 0 aliphatic heterocycles. The van der Waals surface area contributed by atoms with Crippen molar-refractivity contribution < 1.29 is 9.84 Å². The van der Waals surface area contributed by atoms with Crippen LogP contribution in [0, 0.1) is 6.92 Å². The Hall–Kier alpha value is -3.52. The van der Waals surface area contributed by atoms with Gasteiger partial charge in [-0.15, -0.1) is 0 Å². The number of aromatic nitrogens is 5. The van der Waals surface area contributed by atoms with Crippen molar-refractivity contribution in [3.63, 3.8) is 0 Å². The lowest BCUT2D eigenvalue weighted by atomic mass is 9.98. The number of hydrogen-bond donors (Lipinski definition) is 1. The van der Waals surface area contributed by atoms with Gasteiger partial charge in [0.1, 0.15) is 11.3 Å². The molecule has 2 atom stereocenters.